The van der Waals surface area contributed by atoms with Gasteiger partial charge in [0.2, 0.25) is 5.91 Å². The first kappa shape index (κ1) is 19.5. The molecule has 5 nitrogen and oxygen atoms in total. The molecule has 1 aliphatic heterocycles. The fraction of sp³-hybridized carbons (Fsp3) is 0.857. The van der Waals surface area contributed by atoms with Gasteiger partial charge in [0.15, 0.2) is 5.96 Å². The zero-order chi connectivity index (χ0) is 14.3. The number of hydrogen-bond donors (Lipinski definition) is 1. The number of aliphatic imine (C=N–C) groups is 1. The Labute approximate surface area is 140 Å². The molecule has 1 N–H and O–H groups in total. The number of carbonyl (C=O) groups is 1. The second kappa shape index (κ2) is 10.2. The maximum atomic E-state index is 11.3. The SMILES string of the molecule is CCNC(=NCCC(C)C)N1CCN(C(C)=O)CC1.I. The summed E-state index contributed by atoms with van der Waals surface area (Å²) < 4.78 is 0. The van der Waals surface area contributed by atoms with E-state index in [0.29, 0.717) is 5.92 Å². The number of amides is 1. The number of nitrogens with one attached hydrogen (secondary N) is 1. The number of piperazine rings is 1. The highest BCUT2D eigenvalue weighted by Crippen LogP contribution is 2.04. The van der Waals surface area contributed by atoms with Crippen molar-refractivity contribution in [3.63, 3.8) is 0 Å². The van der Waals surface area contributed by atoms with Crippen molar-refractivity contribution in [3.05, 3.63) is 0 Å². The van der Waals surface area contributed by atoms with Crippen molar-refractivity contribution in [3.8, 4) is 0 Å². The molecule has 1 saturated heterocycles. The third-order valence-corrected chi connectivity index (χ3v) is 3.33. The van der Waals surface area contributed by atoms with E-state index in [1.54, 1.807) is 6.92 Å². The van der Waals surface area contributed by atoms with Crippen LogP contribution < -0.4 is 5.32 Å². The summed E-state index contributed by atoms with van der Waals surface area (Å²) in [7, 11) is 0. The largest absolute Gasteiger partial charge is 0.357 e. The van der Waals surface area contributed by atoms with Crippen molar-refractivity contribution < 1.29 is 4.79 Å². The van der Waals surface area contributed by atoms with E-state index in [0.717, 1.165) is 51.6 Å². The van der Waals surface area contributed by atoms with Crippen LogP contribution in [0.1, 0.15) is 34.1 Å². The number of rotatable bonds is 4. The lowest BCUT2D eigenvalue weighted by Gasteiger charge is -2.36. The van der Waals surface area contributed by atoms with E-state index in [9.17, 15) is 4.79 Å². The van der Waals surface area contributed by atoms with Gasteiger partial charge in [-0.05, 0) is 19.3 Å². The van der Waals surface area contributed by atoms with E-state index in [1.165, 1.54) is 0 Å². The zero-order valence-corrected chi connectivity index (χ0v) is 15.5. The van der Waals surface area contributed by atoms with Gasteiger partial charge in [0.25, 0.3) is 0 Å². The van der Waals surface area contributed by atoms with Crippen LogP contribution in [0.4, 0.5) is 0 Å². The van der Waals surface area contributed by atoms with Crippen LogP contribution >= 0.6 is 24.0 Å². The lowest BCUT2D eigenvalue weighted by atomic mass is 10.1. The number of halogens is 1. The summed E-state index contributed by atoms with van der Waals surface area (Å²) in [4.78, 5) is 20.1. The standard InChI is InChI=1S/C14H28N4O.HI/c1-5-15-14(16-7-6-12(2)3)18-10-8-17(9-11-18)13(4)19;/h12H,5-11H2,1-4H3,(H,15,16);1H. The molecule has 0 aliphatic carbocycles. The van der Waals surface area contributed by atoms with Crippen LogP contribution in [-0.4, -0.2) is 60.9 Å². The summed E-state index contributed by atoms with van der Waals surface area (Å²) >= 11 is 0. The summed E-state index contributed by atoms with van der Waals surface area (Å²) in [5, 5.41) is 3.34. The summed E-state index contributed by atoms with van der Waals surface area (Å²) in [6, 6.07) is 0. The molecule has 1 aliphatic rings. The van der Waals surface area contributed by atoms with E-state index >= 15 is 0 Å². The average Bonchev–Trinajstić information content (AvgIpc) is 2.37. The van der Waals surface area contributed by atoms with Crippen LogP contribution in [0.15, 0.2) is 4.99 Å². The molecule has 1 rings (SSSR count). The van der Waals surface area contributed by atoms with Crippen molar-refractivity contribution in [1.82, 2.24) is 15.1 Å². The summed E-state index contributed by atoms with van der Waals surface area (Å²) in [5.41, 5.74) is 0. The number of nitrogens with zero attached hydrogens (tertiary/aromatic N) is 3. The van der Waals surface area contributed by atoms with Crippen molar-refractivity contribution in [2.45, 2.75) is 34.1 Å². The van der Waals surface area contributed by atoms with Crippen molar-refractivity contribution in [2.75, 3.05) is 39.3 Å². The molecule has 0 atom stereocenters. The molecule has 0 bridgehead atoms. The minimum Gasteiger partial charge on any atom is -0.357 e. The van der Waals surface area contributed by atoms with Gasteiger partial charge in [0.1, 0.15) is 0 Å². The second-order valence-corrected chi connectivity index (χ2v) is 5.41. The van der Waals surface area contributed by atoms with Gasteiger partial charge < -0.3 is 15.1 Å². The van der Waals surface area contributed by atoms with Crippen LogP contribution in [0, 0.1) is 5.92 Å². The predicted octanol–water partition coefficient (Wildman–Crippen LogP) is 1.78. The van der Waals surface area contributed by atoms with E-state index in [2.05, 4.69) is 36.0 Å². The molecule has 0 aromatic rings. The molecular formula is C14H29IN4O. The Morgan fingerprint density at radius 3 is 2.20 bits per heavy atom. The molecule has 20 heavy (non-hydrogen) atoms. The lowest BCUT2D eigenvalue weighted by Crippen LogP contribution is -2.53. The van der Waals surface area contributed by atoms with E-state index < -0.39 is 0 Å². The molecule has 0 aromatic carbocycles. The second-order valence-electron chi connectivity index (χ2n) is 5.41. The maximum Gasteiger partial charge on any atom is 0.219 e. The summed E-state index contributed by atoms with van der Waals surface area (Å²) in [6.07, 6.45) is 1.11. The molecule has 0 unspecified atom stereocenters. The first-order chi connectivity index (χ1) is 9.04. The molecule has 1 fully saturated rings. The third-order valence-electron chi connectivity index (χ3n) is 3.33. The first-order valence-corrected chi connectivity index (χ1v) is 7.33. The molecule has 6 heteroatoms. The topological polar surface area (TPSA) is 47.9 Å². The number of carbonyl (C=O) groups excluding carboxylic acids is 1. The summed E-state index contributed by atoms with van der Waals surface area (Å²) in [6.45, 7) is 13.2. The van der Waals surface area contributed by atoms with Gasteiger partial charge in [-0.2, -0.15) is 0 Å². The molecule has 118 valence electrons. The Bertz CT molecular complexity index is 312. The van der Waals surface area contributed by atoms with E-state index in [-0.39, 0.29) is 29.9 Å². The molecule has 0 aromatic heterocycles. The van der Waals surface area contributed by atoms with Gasteiger partial charge in [-0.1, -0.05) is 13.8 Å². The number of hydrogen-bond acceptors (Lipinski definition) is 2. The van der Waals surface area contributed by atoms with Gasteiger partial charge in [-0.15, -0.1) is 24.0 Å². The summed E-state index contributed by atoms with van der Waals surface area (Å²) in [5.74, 6) is 1.84. The van der Waals surface area contributed by atoms with Gasteiger partial charge in [0, 0.05) is 46.2 Å². The van der Waals surface area contributed by atoms with Gasteiger partial charge in [0.05, 0.1) is 0 Å². The lowest BCUT2D eigenvalue weighted by molar-refractivity contribution is -0.130. The van der Waals surface area contributed by atoms with Crippen molar-refractivity contribution in [1.29, 1.82) is 0 Å². The minimum absolute atomic E-state index is 0. The smallest absolute Gasteiger partial charge is 0.219 e. The van der Waals surface area contributed by atoms with Crippen molar-refractivity contribution >= 4 is 35.8 Å². The fourth-order valence-corrected chi connectivity index (χ4v) is 2.09. The Morgan fingerprint density at radius 1 is 1.20 bits per heavy atom. The Morgan fingerprint density at radius 2 is 1.75 bits per heavy atom. The zero-order valence-electron chi connectivity index (χ0n) is 13.2. The highest BCUT2D eigenvalue weighted by molar-refractivity contribution is 14.0. The van der Waals surface area contributed by atoms with Gasteiger partial charge >= 0.3 is 0 Å². The normalized spacial score (nSPS) is 16.1. The quantitative estimate of drug-likeness (QED) is 0.448. The van der Waals surface area contributed by atoms with Crippen LogP contribution in [0.2, 0.25) is 0 Å². The van der Waals surface area contributed by atoms with Crippen LogP contribution in [0.3, 0.4) is 0 Å². The molecule has 0 radical (unpaired) electrons. The van der Waals surface area contributed by atoms with Gasteiger partial charge in [-0.3, -0.25) is 9.79 Å². The molecular weight excluding hydrogens is 367 g/mol. The van der Waals surface area contributed by atoms with Crippen molar-refractivity contribution in [2.24, 2.45) is 10.9 Å². The Hall–Kier alpha value is -0.530. The Kier molecular flexibility index (Phi) is 9.96. The van der Waals surface area contributed by atoms with E-state index in [4.69, 9.17) is 0 Å². The van der Waals surface area contributed by atoms with Gasteiger partial charge in [-0.25, -0.2) is 0 Å². The average molecular weight is 396 g/mol. The monoisotopic (exact) mass is 396 g/mol. The maximum absolute atomic E-state index is 11.3. The third kappa shape index (κ3) is 6.76. The predicted molar refractivity (Wildman–Crippen MR) is 94.7 cm³/mol. The highest BCUT2D eigenvalue weighted by atomic mass is 127. The van der Waals surface area contributed by atoms with E-state index in [1.807, 2.05) is 4.90 Å². The van der Waals surface area contributed by atoms with Crippen LogP contribution in [-0.2, 0) is 4.79 Å². The van der Waals surface area contributed by atoms with Crippen LogP contribution in [0.25, 0.3) is 0 Å². The highest BCUT2D eigenvalue weighted by Gasteiger charge is 2.20. The first-order valence-electron chi connectivity index (χ1n) is 7.33. The van der Waals surface area contributed by atoms with Crippen LogP contribution in [0.5, 0.6) is 0 Å². The number of guanidine groups is 1. The molecule has 0 spiro atoms. The molecule has 1 heterocycles. The Balaban J connectivity index is 0.00000361. The molecule has 1 amide bonds. The fourth-order valence-electron chi connectivity index (χ4n) is 2.09. The molecule has 0 saturated carbocycles. The minimum atomic E-state index is 0.